The van der Waals surface area contributed by atoms with Crippen molar-refractivity contribution in [3.63, 3.8) is 0 Å². The van der Waals surface area contributed by atoms with Gasteiger partial charge in [-0.15, -0.1) is 0 Å². The molecule has 2 rings (SSSR count). The lowest BCUT2D eigenvalue weighted by atomic mass is 9.99. The molecule has 1 aromatic rings. The van der Waals surface area contributed by atoms with Crippen LogP contribution in [0.4, 0.5) is 5.82 Å². The third-order valence-corrected chi connectivity index (χ3v) is 3.20. The van der Waals surface area contributed by atoms with E-state index in [1.54, 1.807) is 0 Å². The normalized spacial score (nSPS) is 22.5. The molecule has 17 heavy (non-hydrogen) atoms. The summed E-state index contributed by atoms with van der Waals surface area (Å²) in [5, 5.41) is 0. The van der Waals surface area contributed by atoms with Crippen LogP contribution in [0, 0.1) is 0 Å². The van der Waals surface area contributed by atoms with Crippen LogP contribution in [0.2, 0.25) is 0 Å². The molecule has 0 amide bonds. The molecule has 1 aliphatic rings. The average Bonchev–Trinajstić information content (AvgIpc) is 2.13. The van der Waals surface area contributed by atoms with E-state index in [2.05, 4.69) is 53.5 Å². The van der Waals surface area contributed by atoms with Gasteiger partial charge in [-0.25, -0.2) is 4.98 Å². The maximum Gasteiger partial charge on any atom is 0.128 e. The molecular weight excluding hydrogens is 280 g/mol. The van der Waals surface area contributed by atoms with Crippen molar-refractivity contribution in [1.82, 2.24) is 4.98 Å². The molecule has 94 valence electrons. The number of ether oxygens (including phenoxy) is 1. The zero-order valence-electron chi connectivity index (χ0n) is 10.8. The van der Waals surface area contributed by atoms with E-state index < -0.39 is 0 Å². The van der Waals surface area contributed by atoms with Crippen LogP contribution in [0.1, 0.15) is 27.7 Å². The van der Waals surface area contributed by atoms with Crippen molar-refractivity contribution in [2.75, 3.05) is 18.0 Å². The maximum atomic E-state index is 6.06. The highest BCUT2D eigenvalue weighted by atomic mass is 79.9. The fourth-order valence-corrected chi connectivity index (χ4v) is 2.74. The Morgan fingerprint density at radius 3 is 2.24 bits per heavy atom. The molecular formula is C13H19BrN2O. The number of anilines is 1. The molecule has 4 heteroatoms. The second kappa shape index (κ2) is 4.25. The van der Waals surface area contributed by atoms with Crippen molar-refractivity contribution < 1.29 is 4.74 Å². The minimum Gasteiger partial charge on any atom is -0.366 e. The monoisotopic (exact) mass is 298 g/mol. The fourth-order valence-electron chi connectivity index (χ4n) is 2.50. The first-order valence-corrected chi connectivity index (χ1v) is 6.63. The SMILES string of the molecule is CC1(C)CN(c2ccc(Br)cn2)CC(C)(C)O1. The van der Waals surface area contributed by atoms with E-state index in [-0.39, 0.29) is 11.2 Å². The highest BCUT2D eigenvalue weighted by Crippen LogP contribution is 2.30. The van der Waals surface area contributed by atoms with Gasteiger partial charge in [0.15, 0.2) is 0 Å². The van der Waals surface area contributed by atoms with Crippen LogP contribution in [-0.4, -0.2) is 29.3 Å². The third kappa shape index (κ3) is 3.19. The number of rotatable bonds is 1. The van der Waals surface area contributed by atoms with Crippen LogP contribution in [0.25, 0.3) is 0 Å². The van der Waals surface area contributed by atoms with Gasteiger partial charge in [-0.3, -0.25) is 0 Å². The number of morpholine rings is 1. The molecule has 0 radical (unpaired) electrons. The van der Waals surface area contributed by atoms with Crippen molar-refractivity contribution in [3.05, 3.63) is 22.8 Å². The lowest BCUT2D eigenvalue weighted by molar-refractivity contribution is -0.133. The van der Waals surface area contributed by atoms with Crippen molar-refractivity contribution in [3.8, 4) is 0 Å². The third-order valence-electron chi connectivity index (χ3n) is 2.73. The molecule has 1 saturated heterocycles. The summed E-state index contributed by atoms with van der Waals surface area (Å²) < 4.78 is 7.07. The Balaban J connectivity index is 2.24. The summed E-state index contributed by atoms with van der Waals surface area (Å²) in [5.41, 5.74) is -0.285. The van der Waals surface area contributed by atoms with Gasteiger partial charge in [-0.1, -0.05) is 0 Å². The van der Waals surface area contributed by atoms with Crippen LogP contribution in [-0.2, 0) is 4.74 Å². The summed E-state index contributed by atoms with van der Waals surface area (Å²) in [6, 6.07) is 4.07. The highest BCUT2D eigenvalue weighted by Gasteiger charge is 2.38. The van der Waals surface area contributed by atoms with Crippen LogP contribution in [0.5, 0.6) is 0 Å². The van der Waals surface area contributed by atoms with Gasteiger partial charge >= 0.3 is 0 Å². The van der Waals surface area contributed by atoms with Gasteiger partial charge in [0, 0.05) is 23.8 Å². The summed E-state index contributed by atoms with van der Waals surface area (Å²) in [7, 11) is 0. The number of hydrogen-bond donors (Lipinski definition) is 0. The Kier molecular flexibility index (Phi) is 3.21. The van der Waals surface area contributed by atoms with Crippen LogP contribution in [0.15, 0.2) is 22.8 Å². The minimum absolute atomic E-state index is 0.142. The van der Waals surface area contributed by atoms with Gasteiger partial charge in [0.05, 0.1) is 11.2 Å². The Bertz CT molecular complexity index is 384. The number of nitrogens with zero attached hydrogens (tertiary/aromatic N) is 2. The van der Waals surface area contributed by atoms with Crippen molar-refractivity contribution >= 4 is 21.7 Å². The lowest BCUT2D eigenvalue weighted by Gasteiger charge is -2.47. The molecule has 1 aliphatic heterocycles. The molecule has 2 heterocycles. The van der Waals surface area contributed by atoms with E-state index in [0.29, 0.717) is 0 Å². The number of halogens is 1. The first-order chi connectivity index (χ1) is 7.77. The maximum absolute atomic E-state index is 6.06. The van der Waals surface area contributed by atoms with E-state index in [1.807, 2.05) is 18.3 Å². The van der Waals surface area contributed by atoms with Crippen LogP contribution < -0.4 is 4.90 Å². The summed E-state index contributed by atoms with van der Waals surface area (Å²) >= 11 is 3.41. The van der Waals surface area contributed by atoms with Gasteiger partial charge in [0.2, 0.25) is 0 Å². The van der Waals surface area contributed by atoms with E-state index >= 15 is 0 Å². The molecule has 0 atom stereocenters. The number of pyridine rings is 1. The van der Waals surface area contributed by atoms with Gasteiger partial charge < -0.3 is 9.64 Å². The predicted molar refractivity (Wildman–Crippen MR) is 73.4 cm³/mol. The quantitative estimate of drug-likeness (QED) is 0.796. The average molecular weight is 299 g/mol. The van der Waals surface area contributed by atoms with E-state index in [1.165, 1.54) is 0 Å². The first kappa shape index (κ1) is 12.8. The summed E-state index contributed by atoms with van der Waals surface area (Å²) in [6.45, 7) is 10.2. The molecule has 0 aliphatic carbocycles. The Morgan fingerprint density at radius 2 is 1.76 bits per heavy atom. The Morgan fingerprint density at radius 1 is 1.18 bits per heavy atom. The molecule has 1 fully saturated rings. The Labute approximate surface area is 111 Å². The number of hydrogen-bond acceptors (Lipinski definition) is 3. The topological polar surface area (TPSA) is 25.4 Å². The molecule has 0 unspecified atom stereocenters. The van der Waals surface area contributed by atoms with Crippen LogP contribution >= 0.6 is 15.9 Å². The minimum atomic E-state index is -0.142. The van der Waals surface area contributed by atoms with Crippen molar-refractivity contribution in [2.24, 2.45) is 0 Å². The van der Waals surface area contributed by atoms with E-state index in [4.69, 9.17) is 4.74 Å². The fraction of sp³-hybridized carbons (Fsp3) is 0.615. The lowest BCUT2D eigenvalue weighted by Crippen LogP contribution is -2.57. The highest BCUT2D eigenvalue weighted by molar-refractivity contribution is 9.10. The predicted octanol–water partition coefficient (Wildman–Crippen LogP) is 3.24. The second-order valence-corrected chi connectivity index (χ2v) is 6.73. The molecule has 0 aromatic carbocycles. The second-order valence-electron chi connectivity index (χ2n) is 5.81. The zero-order chi connectivity index (χ0) is 12.7. The standard InChI is InChI=1S/C13H19BrN2O/c1-12(2)8-16(9-13(3,4)17-12)11-6-5-10(14)7-15-11/h5-7H,8-9H2,1-4H3. The smallest absolute Gasteiger partial charge is 0.128 e. The van der Waals surface area contributed by atoms with Crippen LogP contribution in [0.3, 0.4) is 0 Å². The van der Waals surface area contributed by atoms with Gasteiger partial charge in [-0.2, -0.15) is 0 Å². The molecule has 0 saturated carbocycles. The molecule has 0 bridgehead atoms. The zero-order valence-corrected chi connectivity index (χ0v) is 12.4. The number of aromatic nitrogens is 1. The Hall–Kier alpha value is -0.610. The van der Waals surface area contributed by atoms with Gasteiger partial charge in [0.1, 0.15) is 5.82 Å². The molecule has 1 aromatic heterocycles. The van der Waals surface area contributed by atoms with Crippen molar-refractivity contribution in [1.29, 1.82) is 0 Å². The van der Waals surface area contributed by atoms with Gasteiger partial charge in [0.25, 0.3) is 0 Å². The summed E-state index contributed by atoms with van der Waals surface area (Å²) in [5.74, 6) is 1.01. The van der Waals surface area contributed by atoms with E-state index in [9.17, 15) is 0 Å². The molecule has 0 N–H and O–H groups in total. The van der Waals surface area contributed by atoms with Crippen molar-refractivity contribution in [2.45, 2.75) is 38.9 Å². The molecule has 3 nitrogen and oxygen atoms in total. The summed E-state index contributed by atoms with van der Waals surface area (Å²) in [6.07, 6.45) is 1.84. The first-order valence-electron chi connectivity index (χ1n) is 5.84. The van der Waals surface area contributed by atoms with E-state index in [0.717, 1.165) is 23.4 Å². The van der Waals surface area contributed by atoms with Gasteiger partial charge in [-0.05, 0) is 55.8 Å². The molecule has 0 spiro atoms. The largest absolute Gasteiger partial charge is 0.366 e. The summed E-state index contributed by atoms with van der Waals surface area (Å²) in [4.78, 5) is 6.74.